The first-order valence-corrected chi connectivity index (χ1v) is 1.87. The number of hydrogen-bond donors (Lipinski definition) is 1. The van der Waals surface area contributed by atoms with E-state index in [1.165, 1.54) is 0 Å². The summed E-state index contributed by atoms with van der Waals surface area (Å²) in [6.45, 7) is 0. The molecule has 0 aromatic rings. The molecule has 0 unspecified atom stereocenters. The minimum atomic E-state index is -0.611. The second-order valence-electron chi connectivity index (χ2n) is 1.41. The summed E-state index contributed by atoms with van der Waals surface area (Å²) in [6.07, 6.45) is 0.0544. The van der Waals surface area contributed by atoms with Crippen LogP contribution in [0.4, 0.5) is 0 Å². The topological polar surface area (TPSA) is 58.0 Å². The van der Waals surface area contributed by atoms with Crippen LogP contribution in [0.2, 0.25) is 0 Å². The molecule has 1 aliphatic rings. The van der Waals surface area contributed by atoms with Gasteiger partial charge in [0.2, 0.25) is 11.6 Å². The van der Waals surface area contributed by atoms with Gasteiger partial charge in [0.25, 0.3) is 0 Å². The number of carbonyl (C=O) groups is 2. The lowest BCUT2D eigenvalue weighted by Crippen LogP contribution is -2.36. The van der Waals surface area contributed by atoms with Crippen molar-refractivity contribution in [3.63, 3.8) is 0 Å². The molecule has 0 aromatic carbocycles. The molecule has 36 valence electrons. The molecule has 0 heterocycles. The first-order chi connectivity index (χ1) is 3.22. The van der Waals surface area contributed by atoms with Crippen LogP contribution in [-0.4, -0.2) is 17.3 Å². The van der Waals surface area contributed by atoms with Gasteiger partial charge in [0.05, 0.1) is 12.1 Å². The molecule has 1 fully saturated rings. The van der Waals surface area contributed by atoms with Gasteiger partial charge < -0.3 is 5.41 Å². The van der Waals surface area contributed by atoms with Crippen molar-refractivity contribution < 1.29 is 9.59 Å². The third-order valence-corrected chi connectivity index (χ3v) is 0.865. The van der Waals surface area contributed by atoms with E-state index in [0.717, 1.165) is 0 Å². The third-order valence-electron chi connectivity index (χ3n) is 0.865. The highest BCUT2D eigenvalue weighted by Crippen LogP contribution is 2.01. The molecule has 0 saturated heterocycles. The Hall–Kier alpha value is -0.990. The number of Topliss-reactive ketones (excluding diaryl/α,β-unsaturated/α-hetero) is 2. The van der Waals surface area contributed by atoms with Gasteiger partial charge in [-0.2, -0.15) is 0 Å². The van der Waals surface area contributed by atoms with Gasteiger partial charge in [0.15, 0.2) is 0 Å². The molecule has 0 radical (unpaired) electrons. The molecule has 0 atom stereocenters. The summed E-state index contributed by atoms with van der Waals surface area (Å²) >= 11 is 0. The molecule has 1 aliphatic carbocycles. The van der Waals surface area contributed by atoms with E-state index < -0.39 is 11.6 Å². The zero-order chi connectivity index (χ0) is 5.44. The molecule has 1 N–H and O–H groups in total. The Bertz CT molecular complexity index is 143. The van der Waals surface area contributed by atoms with Crippen molar-refractivity contribution in [3.8, 4) is 0 Å². The largest absolute Gasteiger partial charge is 0.301 e. The van der Waals surface area contributed by atoms with Gasteiger partial charge in [0.1, 0.15) is 0 Å². The third kappa shape index (κ3) is 0.374. The van der Waals surface area contributed by atoms with E-state index in [1.54, 1.807) is 0 Å². The fourth-order valence-electron chi connectivity index (χ4n) is 0.383. The maximum atomic E-state index is 9.99. The van der Waals surface area contributed by atoms with Crippen LogP contribution in [0, 0.1) is 5.41 Å². The summed E-state index contributed by atoms with van der Waals surface area (Å²) in [5.74, 6) is -1.04. The lowest BCUT2D eigenvalue weighted by Gasteiger charge is -2.06. The highest BCUT2D eigenvalue weighted by molar-refractivity contribution is 6.76. The van der Waals surface area contributed by atoms with E-state index in [2.05, 4.69) is 0 Å². The molecule has 3 nitrogen and oxygen atoms in total. The summed E-state index contributed by atoms with van der Waals surface area (Å²) in [7, 11) is 0. The summed E-state index contributed by atoms with van der Waals surface area (Å²) in [6, 6.07) is 0. The lowest BCUT2D eigenvalue weighted by molar-refractivity contribution is -0.134. The second kappa shape index (κ2) is 0.992. The predicted molar refractivity (Wildman–Crippen MR) is 22.4 cm³/mol. The van der Waals surface area contributed by atoms with Crippen LogP contribution in [0.5, 0.6) is 0 Å². The molecule has 0 spiro atoms. The molecule has 0 aromatic heterocycles. The fourth-order valence-corrected chi connectivity index (χ4v) is 0.383. The van der Waals surface area contributed by atoms with Crippen LogP contribution in [0.15, 0.2) is 0 Å². The molecule has 7 heavy (non-hydrogen) atoms. The van der Waals surface area contributed by atoms with Crippen LogP contribution in [-0.2, 0) is 9.59 Å². The normalized spacial score (nSPS) is 19.7. The average molecular weight is 97.1 g/mol. The second-order valence-corrected chi connectivity index (χ2v) is 1.41. The van der Waals surface area contributed by atoms with E-state index in [0.29, 0.717) is 0 Å². The zero-order valence-corrected chi connectivity index (χ0v) is 3.52. The minimum Gasteiger partial charge on any atom is -0.301 e. The number of carbonyl (C=O) groups excluding carboxylic acids is 2. The van der Waals surface area contributed by atoms with Gasteiger partial charge in [-0.15, -0.1) is 0 Å². The van der Waals surface area contributed by atoms with Gasteiger partial charge in [-0.3, -0.25) is 9.59 Å². The molecule has 3 heteroatoms. The summed E-state index contributed by atoms with van der Waals surface area (Å²) in [4.78, 5) is 19.9. The Labute approximate surface area is 39.8 Å². The van der Waals surface area contributed by atoms with Crippen LogP contribution < -0.4 is 0 Å². The number of hydrogen-bond acceptors (Lipinski definition) is 3. The van der Waals surface area contributed by atoms with Crippen LogP contribution >= 0.6 is 0 Å². The van der Waals surface area contributed by atoms with Gasteiger partial charge in [-0.25, -0.2) is 0 Å². The average Bonchev–Trinajstić information content (AvgIpc) is 1.68. The Morgan fingerprint density at radius 1 is 1.43 bits per heavy atom. The fraction of sp³-hybridized carbons (Fsp3) is 0.250. The van der Waals surface area contributed by atoms with Crippen molar-refractivity contribution in [3.05, 3.63) is 0 Å². The van der Waals surface area contributed by atoms with Gasteiger partial charge in [-0.05, 0) is 0 Å². The van der Waals surface area contributed by atoms with Gasteiger partial charge >= 0.3 is 0 Å². The smallest absolute Gasteiger partial charge is 0.242 e. The maximum Gasteiger partial charge on any atom is 0.242 e. The van der Waals surface area contributed by atoms with Crippen molar-refractivity contribution >= 4 is 17.3 Å². The van der Waals surface area contributed by atoms with Crippen LogP contribution in [0.25, 0.3) is 0 Å². The predicted octanol–water partition coefficient (Wildman–Crippen LogP) is -0.452. The maximum absolute atomic E-state index is 9.99. The first-order valence-electron chi connectivity index (χ1n) is 1.87. The molecule has 0 bridgehead atoms. The molecule has 1 saturated carbocycles. The summed E-state index contributed by atoms with van der Waals surface area (Å²) in [5.41, 5.74) is -0.0509. The molecule has 1 rings (SSSR count). The quantitative estimate of drug-likeness (QED) is 0.416. The molecule has 0 aliphatic heterocycles. The van der Waals surface area contributed by atoms with Gasteiger partial charge in [-0.1, -0.05) is 0 Å². The number of rotatable bonds is 0. The van der Waals surface area contributed by atoms with Crippen molar-refractivity contribution in [1.29, 1.82) is 5.41 Å². The monoisotopic (exact) mass is 97.0 g/mol. The Balaban J connectivity index is 2.78. The molecular formula is C4H3NO2. The number of ketones is 2. The van der Waals surface area contributed by atoms with E-state index in [4.69, 9.17) is 5.41 Å². The lowest BCUT2D eigenvalue weighted by atomic mass is 9.94. The summed E-state index contributed by atoms with van der Waals surface area (Å²) in [5, 5.41) is 6.60. The van der Waals surface area contributed by atoms with Crippen LogP contribution in [0.3, 0.4) is 0 Å². The van der Waals surface area contributed by atoms with E-state index in [1.807, 2.05) is 0 Å². The van der Waals surface area contributed by atoms with Crippen molar-refractivity contribution in [2.24, 2.45) is 0 Å². The Kier molecular flexibility index (Phi) is 0.592. The van der Waals surface area contributed by atoms with Gasteiger partial charge in [0, 0.05) is 0 Å². The van der Waals surface area contributed by atoms with E-state index in [-0.39, 0.29) is 12.1 Å². The molecular weight excluding hydrogens is 94.0 g/mol. The van der Waals surface area contributed by atoms with E-state index >= 15 is 0 Å². The van der Waals surface area contributed by atoms with Crippen molar-refractivity contribution in [2.75, 3.05) is 0 Å². The van der Waals surface area contributed by atoms with Crippen molar-refractivity contribution in [1.82, 2.24) is 0 Å². The van der Waals surface area contributed by atoms with Crippen LogP contribution in [0.1, 0.15) is 6.42 Å². The van der Waals surface area contributed by atoms with E-state index in [9.17, 15) is 9.59 Å². The Morgan fingerprint density at radius 3 is 2.00 bits per heavy atom. The highest BCUT2D eigenvalue weighted by atomic mass is 16.2. The Morgan fingerprint density at radius 2 is 2.00 bits per heavy atom. The minimum absolute atomic E-state index is 0.0509. The molecule has 0 amide bonds. The summed E-state index contributed by atoms with van der Waals surface area (Å²) < 4.78 is 0. The SMILES string of the molecule is N=C1CC(=O)C1=O. The standard InChI is InChI=1S/C4H3NO2/c5-2-1-3(6)4(2)7/h5H,1H2. The highest BCUT2D eigenvalue weighted by Gasteiger charge is 2.31. The zero-order valence-electron chi connectivity index (χ0n) is 3.52. The number of nitrogens with one attached hydrogen (secondary N) is 1. The van der Waals surface area contributed by atoms with Crippen molar-refractivity contribution in [2.45, 2.75) is 6.42 Å². The first kappa shape index (κ1) is 4.18.